The Morgan fingerprint density at radius 1 is 1.39 bits per heavy atom. The Balaban J connectivity index is 0.00000289. The number of nitrogens with one attached hydrogen (secondary N) is 1. The lowest BCUT2D eigenvalue weighted by Crippen LogP contribution is -2.32. The number of hydrogen-bond acceptors (Lipinski definition) is 2. The molecule has 0 bridgehead atoms. The molecule has 0 amide bonds. The molecule has 1 unspecified atom stereocenters. The molecule has 4 nitrogen and oxygen atoms in total. The SMILES string of the molecule is CCCNC(N)=NCC(OC)c1ccccc1.I. The van der Waals surface area contributed by atoms with E-state index in [-0.39, 0.29) is 30.1 Å². The molecule has 0 saturated carbocycles. The number of nitrogens with two attached hydrogens (primary N) is 1. The fraction of sp³-hybridized carbons (Fsp3) is 0.462. The average molecular weight is 363 g/mol. The number of rotatable bonds is 6. The summed E-state index contributed by atoms with van der Waals surface area (Å²) in [6.07, 6.45) is 0.987. The maximum atomic E-state index is 5.72. The Labute approximate surface area is 126 Å². The monoisotopic (exact) mass is 363 g/mol. The van der Waals surface area contributed by atoms with Gasteiger partial charge >= 0.3 is 0 Å². The van der Waals surface area contributed by atoms with Crippen LogP contribution in [0.15, 0.2) is 35.3 Å². The van der Waals surface area contributed by atoms with Gasteiger partial charge in [-0.15, -0.1) is 24.0 Å². The molecular formula is C13H22IN3O. The van der Waals surface area contributed by atoms with Crippen molar-refractivity contribution in [2.45, 2.75) is 19.4 Å². The molecule has 0 aromatic heterocycles. The highest BCUT2D eigenvalue weighted by molar-refractivity contribution is 14.0. The van der Waals surface area contributed by atoms with Crippen molar-refractivity contribution in [1.82, 2.24) is 5.32 Å². The quantitative estimate of drug-likeness (QED) is 0.463. The molecule has 0 aliphatic rings. The maximum absolute atomic E-state index is 5.72. The zero-order chi connectivity index (χ0) is 12.5. The van der Waals surface area contributed by atoms with Crippen LogP contribution in [0.4, 0.5) is 0 Å². The minimum absolute atomic E-state index is 0. The third-order valence-electron chi connectivity index (χ3n) is 2.44. The third-order valence-corrected chi connectivity index (χ3v) is 2.44. The van der Waals surface area contributed by atoms with Gasteiger partial charge in [-0.3, -0.25) is 4.99 Å². The van der Waals surface area contributed by atoms with Gasteiger partial charge < -0.3 is 15.8 Å². The summed E-state index contributed by atoms with van der Waals surface area (Å²) in [5, 5.41) is 3.04. The molecule has 1 rings (SSSR count). The second-order valence-electron chi connectivity index (χ2n) is 3.79. The van der Waals surface area contributed by atoms with Crippen molar-refractivity contribution < 1.29 is 4.74 Å². The van der Waals surface area contributed by atoms with Gasteiger partial charge in [-0.25, -0.2) is 0 Å². The predicted molar refractivity (Wildman–Crippen MR) is 86.4 cm³/mol. The Bertz CT molecular complexity index is 343. The zero-order valence-corrected chi connectivity index (χ0v) is 13.3. The number of nitrogens with zero attached hydrogens (tertiary/aromatic N) is 1. The van der Waals surface area contributed by atoms with Crippen molar-refractivity contribution in [1.29, 1.82) is 0 Å². The summed E-state index contributed by atoms with van der Waals surface area (Å²) in [7, 11) is 1.68. The number of ether oxygens (including phenoxy) is 1. The molecule has 1 aromatic carbocycles. The summed E-state index contributed by atoms with van der Waals surface area (Å²) in [5.41, 5.74) is 6.84. The minimum Gasteiger partial charge on any atom is -0.375 e. The Hall–Kier alpha value is -0.820. The second-order valence-corrected chi connectivity index (χ2v) is 3.79. The number of methoxy groups -OCH3 is 1. The fourth-order valence-electron chi connectivity index (χ4n) is 1.47. The van der Waals surface area contributed by atoms with Crippen molar-refractivity contribution in [2.75, 3.05) is 20.2 Å². The molecular weight excluding hydrogens is 341 g/mol. The molecule has 3 N–H and O–H groups in total. The van der Waals surface area contributed by atoms with Gasteiger partial charge in [-0.1, -0.05) is 37.3 Å². The van der Waals surface area contributed by atoms with Gasteiger partial charge in [0.15, 0.2) is 5.96 Å². The smallest absolute Gasteiger partial charge is 0.188 e. The first-order chi connectivity index (χ1) is 8.27. The lowest BCUT2D eigenvalue weighted by atomic mass is 10.1. The summed E-state index contributed by atoms with van der Waals surface area (Å²) < 4.78 is 5.40. The van der Waals surface area contributed by atoms with Crippen LogP contribution in [0.25, 0.3) is 0 Å². The van der Waals surface area contributed by atoms with Gasteiger partial charge in [0, 0.05) is 13.7 Å². The van der Waals surface area contributed by atoms with Gasteiger partial charge in [0.25, 0.3) is 0 Å². The van der Waals surface area contributed by atoms with Crippen LogP contribution in [0.2, 0.25) is 0 Å². The molecule has 0 aliphatic heterocycles. The second kappa shape index (κ2) is 10.1. The number of guanidine groups is 1. The molecule has 0 heterocycles. The normalized spacial score (nSPS) is 12.7. The highest BCUT2D eigenvalue weighted by Gasteiger charge is 2.08. The zero-order valence-electron chi connectivity index (χ0n) is 10.9. The van der Waals surface area contributed by atoms with E-state index < -0.39 is 0 Å². The van der Waals surface area contributed by atoms with Gasteiger partial charge in [0.1, 0.15) is 6.10 Å². The fourth-order valence-corrected chi connectivity index (χ4v) is 1.47. The summed E-state index contributed by atoms with van der Waals surface area (Å²) in [5.74, 6) is 0.477. The minimum atomic E-state index is -0.0434. The number of halogens is 1. The third kappa shape index (κ3) is 6.20. The highest BCUT2D eigenvalue weighted by atomic mass is 127. The van der Waals surface area contributed by atoms with Crippen molar-refractivity contribution in [3.63, 3.8) is 0 Å². The van der Waals surface area contributed by atoms with Gasteiger partial charge in [0.2, 0.25) is 0 Å². The maximum Gasteiger partial charge on any atom is 0.188 e. The van der Waals surface area contributed by atoms with Crippen LogP contribution in [0.5, 0.6) is 0 Å². The first-order valence-electron chi connectivity index (χ1n) is 5.89. The van der Waals surface area contributed by atoms with E-state index in [0.29, 0.717) is 12.5 Å². The molecule has 102 valence electrons. The first kappa shape index (κ1) is 17.2. The molecule has 0 aliphatic carbocycles. The highest BCUT2D eigenvalue weighted by Crippen LogP contribution is 2.15. The van der Waals surface area contributed by atoms with Crippen molar-refractivity contribution in [3.05, 3.63) is 35.9 Å². The number of benzene rings is 1. The van der Waals surface area contributed by atoms with Crippen LogP contribution in [0.3, 0.4) is 0 Å². The van der Waals surface area contributed by atoms with Crippen LogP contribution in [-0.2, 0) is 4.74 Å². The largest absolute Gasteiger partial charge is 0.375 e. The summed E-state index contributed by atoms with van der Waals surface area (Å²) in [6, 6.07) is 10.0. The van der Waals surface area contributed by atoms with Crippen LogP contribution < -0.4 is 11.1 Å². The molecule has 5 heteroatoms. The molecule has 0 fully saturated rings. The average Bonchev–Trinajstić information content (AvgIpc) is 2.38. The summed E-state index contributed by atoms with van der Waals surface area (Å²) in [6.45, 7) is 3.46. The molecule has 1 aromatic rings. The lowest BCUT2D eigenvalue weighted by Gasteiger charge is -2.13. The van der Waals surface area contributed by atoms with E-state index in [1.165, 1.54) is 0 Å². The van der Waals surface area contributed by atoms with Crippen molar-refractivity contribution >= 4 is 29.9 Å². The standard InChI is InChI=1S/C13H21N3O.HI/c1-3-9-15-13(14)16-10-12(17-2)11-7-5-4-6-8-11;/h4-8,12H,3,9-10H2,1-2H3,(H3,14,15,16);1H. The number of hydrogen-bond donors (Lipinski definition) is 2. The van der Waals surface area contributed by atoms with Gasteiger partial charge in [-0.05, 0) is 12.0 Å². The van der Waals surface area contributed by atoms with Crippen LogP contribution >= 0.6 is 24.0 Å². The Morgan fingerprint density at radius 2 is 2.06 bits per heavy atom. The topological polar surface area (TPSA) is 59.6 Å². The Kier molecular flexibility index (Phi) is 9.67. The van der Waals surface area contributed by atoms with E-state index in [1.54, 1.807) is 7.11 Å². The molecule has 0 saturated heterocycles. The van der Waals surface area contributed by atoms with E-state index in [2.05, 4.69) is 17.2 Å². The van der Waals surface area contributed by atoms with E-state index in [1.807, 2.05) is 30.3 Å². The van der Waals surface area contributed by atoms with Gasteiger partial charge in [-0.2, -0.15) is 0 Å². The molecule has 0 radical (unpaired) electrons. The molecule has 1 atom stereocenters. The lowest BCUT2D eigenvalue weighted by molar-refractivity contribution is 0.111. The van der Waals surface area contributed by atoms with E-state index in [4.69, 9.17) is 10.5 Å². The Morgan fingerprint density at radius 3 is 2.61 bits per heavy atom. The van der Waals surface area contributed by atoms with E-state index in [9.17, 15) is 0 Å². The van der Waals surface area contributed by atoms with Crippen LogP contribution in [0.1, 0.15) is 25.0 Å². The predicted octanol–water partition coefficient (Wildman–Crippen LogP) is 2.31. The van der Waals surface area contributed by atoms with Crippen molar-refractivity contribution in [3.8, 4) is 0 Å². The van der Waals surface area contributed by atoms with Crippen LogP contribution in [0, 0.1) is 0 Å². The number of aliphatic imine (C=N–C) groups is 1. The summed E-state index contributed by atoms with van der Waals surface area (Å²) >= 11 is 0. The van der Waals surface area contributed by atoms with Crippen molar-refractivity contribution in [2.24, 2.45) is 10.7 Å². The summed E-state index contributed by atoms with van der Waals surface area (Å²) in [4.78, 5) is 4.27. The molecule has 0 spiro atoms. The first-order valence-corrected chi connectivity index (χ1v) is 5.89. The van der Waals surface area contributed by atoms with Gasteiger partial charge in [0.05, 0.1) is 6.54 Å². The van der Waals surface area contributed by atoms with Crippen LogP contribution in [-0.4, -0.2) is 26.2 Å². The van der Waals surface area contributed by atoms with E-state index in [0.717, 1.165) is 18.5 Å². The molecule has 18 heavy (non-hydrogen) atoms. The van der Waals surface area contributed by atoms with E-state index >= 15 is 0 Å².